The quantitative estimate of drug-likeness (QED) is 0.693. The van der Waals surface area contributed by atoms with Crippen LogP contribution in [0.2, 0.25) is 0 Å². The first-order valence-corrected chi connectivity index (χ1v) is 8.81. The molecule has 22 heavy (non-hydrogen) atoms. The Morgan fingerprint density at radius 3 is 2.41 bits per heavy atom. The number of nitrogens with one attached hydrogen (secondary N) is 2. The maximum Gasteiger partial charge on any atom is 0.289 e. The summed E-state index contributed by atoms with van der Waals surface area (Å²) < 4.78 is 26.7. The molecular formula is C15H20N2O4S. The normalized spacial score (nSPS) is 16.0. The maximum absolute atomic E-state index is 12.2. The van der Waals surface area contributed by atoms with E-state index < -0.39 is 27.8 Å². The van der Waals surface area contributed by atoms with Crippen molar-refractivity contribution in [3.05, 3.63) is 30.3 Å². The minimum Gasteiger partial charge on any atom is -0.349 e. The van der Waals surface area contributed by atoms with Crippen molar-refractivity contribution in [3.8, 4) is 0 Å². The van der Waals surface area contributed by atoms with Gasteiger partial charge in [0, 0.05) is 6.54 Å². The van der Waals surface area contributed by atoms with E-state index in [0.717, 1.165) is 12.8 Å². The average Bonchev–Trinajstić information content (AvgIpc) is 3.34. The van der Waals surface area contributed by atoms with Crippen LogP contribution in [0.4, 0.5) is 0 Å². The molecule has 1 aliphatic rings. The molecule has 0 aromatic heterocycles. The minimum atomic E-state index is -3.82. The number of sulfonamides is 1. The van der Waals surface area contributed by atoms with Crippen LogP contribution in [0.1, 0.15) is 26.2 Å². The third kappa shape index (κ3) is 4.38. The van der Waals surface area contributed by atoms with Crippen molar-refractivity contribution in [1.82, 2.24) is 10.0 Å². The summed E-state index contributed by atoms with van der Waals surface area (Å²) in [5.74, 6) is -1.02. The predicted octanol–water partition coefficient (Wildman–Crippen LogP) is 0.839. The Bertz CT molecular complexity index is 639. The van der Waals surface area contributed by atoms with E-state index >= 15 is 0 Å². The van der Waals surface area contributed by atoms with Crippen molar-refractivity contribution in [3.63, 3.8) is 0 Å². The fourth-order valence-electron chi connectivity index (χ4n) is 1.98. The lowest BCUT2D eigenvalue weighted by molar-refractivity contribution is -0.138. The molecule has 2 N–H and O–H groups in total. The minimum absolute atomic E-state index is 0.0691. The van der Waals surface area contributed by atoms with Crippen LogP contribution in [0, 0.1) is 5.92 Å². The molecule has 1 aromatic rings. The Morgan fingerprint density at radius 2 is 1.86 bits per heavy atom. The highest BCUT2D eigenvalue weighted by atomic mass is 32.2. The zero-order valence-electron chi connectivity index (χ0n) is 12.4. The molecule has 0 heterocycles. The molecule has 0 spiro atoms. The summed E-state index contributed by atoms with van der Waals surface area (Å²) in [6.45, 7) is 2.14. The van der Waals surface area contributed by atoms with Crippen LogP contribution in [-0.2, 0) is 19.6 Å². The summed E-state index contributed by atoms with van der Waals surface area (Å²) in [6.07, 6.45) is 2.33. The van der Waals surface area contributed by atoms with Crippen LogP contribution in [0.3, 0.4) is 0 Å². The lowest BCUT2D eigenvalue weighted by Gasteiger charge is -2.15. The number of Topliss-reactive ketones (excluding diaryl/α,β-unsaturated/α-hetero) is 1. The van der Waals surface area contributed by atoms with Crippen LogP contribution in [0.25, 0.3) is 0 Å². The topological polar surface area (TPSA) is 92.3 Å². The second kappa shape index (κ2) is 7.02. The first-order chi connectivity index (χ1) is 10.4. The Balaban J connectivity index is 2.01. The number of amides is 1. The molecule has 120 valence electrons. The Hall–Kier alpha value is -1.73. The van der Waals surface area contributed by atoms with Crippen LogP contribution in [0.15, 0.2) is 35.2 Å². The van der Waals surface area contributed by atoms with Gasteiger partial charge in [-0.2, -0.15) is 0 Å². The van der Waals surface area contributed by atoms with Gasteiger partial charge in [0.1, 0.15) is 0 Å². The van der Waals surface area contributed by atoms with Crippen molar-refractivity contribution >= 4 is 21.7 Å². The van der Waals surface area contributed by atoms with Crippen LogP contribution >= 0.6 is 0 Å². The number of carbonyl (C=O) groups excluding carboxylic acids is 2. The van der Waals surface area contributed by atoms with E-state index in [1.807, 2.05) is 0 Å². The lowest BCUT2D eigenvalue weighted by Crippen LogP contribution is -2.47. The molecule has 1 atom stereocenters. The summed E-state index contributed by atoms with van der Waals surface area (Å²) in [5, 5.41) is 2.56. The average molecular weight is 324 g/mol. The lowest BCUT2D eigenvalue weighted by atomic mass is 10.1. The van der Waals surface area contributed by atoms with Crippen molar-refractivity contribution in [2.45, 2.75) is 37.1 Å². The van der Waals surface area contributed by atoms with E-state index in [0.29, 0.717) is 12.5 Å². The molecule has 1 amide bonds. The molecule has 1 aliphatic carbocycles. The smallest absolute Gasteiger partial charge is 0.289 e. The van der Waals surface area contributed by atoms with E-state index in [9.17, 15) is 18.0 Å². The predicted molar refractivity (Wildman–Crippen MR) is 81.6 cm³/mol. The van der Waals surface area contributed by atoms with E-state index in [1.54, 1.807) is 25.1 Å². The monoisotopic (exact) mass is 324 g/mol. The standard InChI is InChI=1S/C15H20N2O4S/c1-2-13(14(18)15(19)16-10-11-8-9-11)17-22(20,21)12-6-4-3-5-7-12/h3-7,11,13,17H,2,8-10H2,1H3,(H,16,19). The van der Waals surface area contributed by atoms with Gasteiger partial charge in [-0.05, 0) is 37.3 Å². The molecule has 1 unspecified atom stereocenters. The van der Waals surface area contributed by atoms with Gasteiger partial charge in [0.05, 0.1) is 10.9 Å². The number of benzene rings is 1. The summed E-state index contributed by atoms with van der Waals surface area (Å²) in [7, 11) is -3.82. The van der Waals surface area contributed by atoms with Gasteiger partial charge in [-0.1, -0.05) is 25.1 Å². The van der Waals surface area contributed by atoms with Crippen LogP contribution in [0.5, 0.6) is 0 Å². The summed E-state index contributed by atoms with van der Waals surface area (Å²) in [5.41, 5.74) is 0. The van der Waals surface area contributed by atoms with Gasteiger partial charge in [0.2, 0.25) is 15.8 Å². The number of ketones is 1. The number of hydrogen-bond acceptors (Lipinski definition) is 4. The Kier molecular flexibility index (Phi) is 5.31. The van der Waals surface area contributed by atoms with Crippen LogP contribution < -0.4 is 10.0 Å². The fourth-order valence-corrected chi connectivity index (χ4v) is 3.28. The van der Waals surface area contributed by atoms with Gasteiger partial charge in [-0.25, -0.2) is 13.1 Å². The maximum atomic E-state index is 12.2. The van der Waals surface area contributed by atoms with Gasteiger partial charge in [0.25, 0.3) is 5.91 Å². The van der Waals surface area contributed by atoms with Crippen molar-refractivity contribution in [2.24, 2.45) is 5.92 Å². The molecule has 7 heteroatoms. The van der Waals surface area contributed by atoms with Gasteiger partial charge in [-0.3, -0.25) is 9.59 Å². The molecule has 0 radical (unpaired) electrons. The first kappa shape index (κ1) is 16.6. The largest absolute Gasteiger partial charge is 0.349 e. The highest BCUT2D eigenvalue weighted by molar-refractivity contribution is 7.89. The van der Waals surface area contributed by atoms with Gasteiger partial charge >= 0.3 is 0 Å². The molecule has 2 rings (SSSR count). The molecule has 0 bridgehead atoms. The molecule has 1 saturated carbocycles. The SMILES string of the molecule is CCC(NS(=O)(=O)c1ccccc1)C(=O)C(=O)NCC1CC1. The first-order valence-electron chi connectivity index (χ1n) is 7.33. The second-order valence-corrected chi connectivity index (χ2v) is 7.13. The summed E-state index contributed by atoms with van der Waals surface area (Å²) in [4.78, 5) is 23.9. The third-order valence-corrected chi connectivity index (χ3v) is 5.04. The summed E-state index contributed by atoms with van der Waals surface area (Å²) in [6, 6.07) is 6.72. The Labute approximate surface area is 130 Å². The highest BCUT2D eigenvalue weighted by Gasteiger charge is 2.30. The van der Waals surface area contributed by atoms with Gasteiger partial charge < -0.3 is 5.32 Å². The van der Waals surface area contributed by atoms with Crippen molar-refractivity contribution in [2.75, 3.05) is 6.54 Å². The van der Waals surface area contributed by atoms with E-state index in [1.165, 1.54) is 12.1 Å². The van der Waals surface area contributed by atoms with Crippen molar-refractivity contribution in [1.29, 1.82) is 0 Å². The van der Waals surface area contributed by atoms with E-state index in [-0.39, 0.29) is 11.3 Å². The molecular weight excluding hydrogens is 304 g/mol. The molecule has 0 saturated heterocycles. The Morgan fingerprint density at radius 1 is 1.23 bits per heavy atom. The molecule has 6 nitrogen and oxygen atoms in total. The van der Waals surface area contributed by atoms with Gasteiger partial charge in [0.15, 0.2) is 0 Å². The van der Waals surface area contributed by atoms with E-state index in [2.05, 4.69) is 10.0 Å². The number of hydrogen-bond donors (Lipinski definition) is 2. The highest BCUT2D eigenvalue weighted by Crippen LogP contribution is 2.27. The number of rotatable bonds is 8. The fraction of sp³-hybridized carbons (Fsp3) is 0.467. The molecule has 0 aliphatic heterocycles. The molecule has 1 aromatic carbocycles. The zero-order chi connectivity index (χ0) is 16.2. The second-order valence-electron chi connectivity index (χ2n) is 5.41. The zero-order valence-corrected chi connectivity index (χ0v) is 13.2. The van der Waals surface area contributed by atoms with Crippen molar-refractivity contribution < 1.29 is 18.0 Å². The summed E-state index contributed by atoms with van der Waals surface area (Å²) >= 11 is 0. The number of carbonyl (C=O) groups is 2. The van der Waals surface area contributed by atoms with E-state index in [4.69, 9.17) is 0 Å². The third-order valence-electron chi connectivity index (χ3n) is 3.55. The van der Waals surface area contributed by atoms with Gasteiger partial charge in [-0.15, -0.1) is 0 Å². The molecule has 1 fully saturated rings. The van der Waals surface area contributed by atoms with Crippen LogP contribution in [-0.4, -0.2) is 32.7 Å².